The van der Waals surface area contributed by atoms with Crippen molar-refractivity contribution in [3.8, 4) is 0 Å². The van der Waals surface area contributed by atoms with Crippen molar-refractivity contribution in [2.24, 2.45) is 11.8 Å². The molecular formula is C24H34N4O5. The summed E-state index contributed by atoms with van der Waals surface area (Å²) >= 11 is 0. The van der Waals surface area contributed by atoms with Crippen molar-refractivity contribution in [1.29, 1.82) is 0 Å². The van der Waals surface area contributed by atoms with E-state index in [0.29, 0.717) is 30.9 Å². The average molecular weight is 459 g/mol. The van der Waals surface area contributed by atoms with Crippen LogP contribution in [0.4, 0.5) is 10.5 Å². The smallest absolute Gasteiger partial charge is 0.338 e. The number of nitrogens with zero attached hydrogens (tertiary/aromatic N) is 2. The predicted molar refractivity (Wildman–Crippen MR) is 124 cm³/mol. The lowest BCUT2D eigenvalue weighted by molar-refractivity contribution is -0.144. The zero-order chi connectivity index (χ0) is 24.1. The molecule has 9 heteroatoms. The molecule has 1 aliphatic carbocycles. The summed E-state index contributed by atoms with van der Waals surface area (Å²) in [6.07, 6.45) is 1.93. The van der Waals surface area contributed by atoms with Crippen molar-refractivity contribution in [2.75, 3.05) is 31.6 Å². The Bertz CT molecular complexity index is 881. The molecule has 180 valence electrons. The molecule has 3 rings (SSSR count). The Morgan fingerprint density at radius 2 is 1.76 bits per heavy atom. The van der Waals surface area contributed by atoms with E-state index in [0.717, 1.165) is 12.8 Å². The lowest BCUT2D eigenvalue weighted by Crippen LogP contribution is -2.60. The summed E-state index contributed by atoms with van der Waals surface area (Å²) in [6.45, 7) is 9.19. The van der Waals surface area contributed by atoms with Crippen LogP contribution in [-0.4, -0.2) is 71.9 Å². The second-order valence-corrected chi connectivity index (χ2v) is 9.06. The van der Waals surface area contributed by atoms with Crippen LogP contribution in [0.5, 0.6) is 0 Å². The van der Waals surface area contributed by atoms with E-state index in [4.69, 9.17) is 4.74 Å². The van der Waals surface area contributed by atoms with Crippen LogP contribution < -0.4 is 10.6 Å². The largest absolute Gasteiger partial charge is 0.462 e. The van der Waals surface area contributed by atoms with E-state index in [-0.39, 0.29) is 36.3 Å². The number of rotatable bonds is 7. The Labute approximate surface area is 194 Å². The molecule has 2 N–H and O–H groups in total. The highest BCUT2D eigenvalue weighted by Gasteiger charge is 2.39. The maximum atomic E-state index is 13.2. The molecule has 2 atom stereocenters. The van der Waals surface area contributed by atoms with E-state index in [9.17, 15) is 19.2 Å². The maximum Gasteiger partial charge on any atom is 0.338 e. The maximum absolute atomic E-state index is 13.2. The molecule has 1 saturated carbocycles. The summed E-state index contributed by atoms with van der Waals surface area (Å²) in [5.74, 6) is -0.331. The molecule has 9 nitrogen and oxygen atoms in total. The molecule has 1 heterocycles. The van der Waals surface area contributed by atoms with Crippen LogP contribution in [-0.2, 0) is 14.3 Å². The van der Waals surface area contributed by atoms with Gasteiger partial charge in [-0.1, -0.05) is 13.8 Å². The van der Waals surface area contributed by atoms with Crippen molar-refractivity contribution in [2.45, 2.75) is 52.6 Å². The molecule has 1 saturated heterocycles. The quantitative estimate of drug-likeness (QED) is 0.611. The van der Waals surface area contributed by atoms with Crippen LogP contribution in [0.25, 0.3) is 0 Å². The monoisotopic (exact) mass is 458 g/mol. The van der Waals surface area contributed by atoms with Crippen molar-refractivity contribution >= 4 is 29.5 Å². The molecule has 33 heavy (non-hydrogen) atoms. The molecule has 1 aromatic rings. The minimum absolute atomic E-state index is 0.0460. The third-order valence-corrected chi connectivity index (χ3v) is 6.02. The first-order chi connectivity index (χ1) is 15.7. The number of ether oxygens (including phenoxy) is 1. The van der Waals surface area contributed by atoms with E-state index in [1.807, 2.05) is 25.7 Å². The Morgan fingerprint density at radius 1 is 1.09 bits per heavy atom. The fourth-order valence-corrected chi connectivity index (χ4v) is 3.97. The first-order valence-corrected chi connectivity index (χ1v) is 11.6. The summed E-state index contributed by atoms with van der Waals surface area (Å²) in [5, 5.41) is 5.49. The van der Waals surface area contributed by atoms with Gasteiger partial charge in [-0.2, -0.15) is 0 Å². The van der Waals surface area contributed by atoms with Crippen molar-refractivity contribution < 1.29 is 23.9 Å². The van der Waals surface area contributed by atoms with Crippen molar-refractivity contribution in [3.63, 3.8) is 0 Å². The average Bonchev–Trinajstić information content (AvgIpc) is 3.62. The predicted octanol–water partition coefficient (Wildman–Crippen LogP) is 2.48. The minimum Gasteiger partial charge on any atom is -0.462 e. The van der Waals surface area contributed by atoms with Crippen LogP contribution in [0.3, 0.4) is 0 Å². The third kappa shape index (κ3) is 6.24. The summed E-state index contributed by atoms with van der Waals surface area (Å²) in [7, 11) is 0. The van der Waals surface area contributed by atoms with Crippen LogP contribution in [0.2, 0.25) is 0 Å². The van der Waals surface area contributed by atoms with Crippen LogP contribution in [0, 0.1) is 11.8 Å². The number of benzene rings is 1. The highest BCUT2D eigenvalue weighted by molar-refractivity contribution is 5.95. The topological polar surface area (TPSA) is 108 Å². The Morgan fingerprint density at radius 3 is 2.30 bits per heavy atom. The molecule has 0 radical (unpaired) electrons. The van der Waals surface area contributed by atoms with E-state index in [1.165, 1.54) is 0 Å². The van der Waals surface area contributed by atoms with Gasteiger partial charge in [-0.15, -0.1) is 0 Å². The number of anilines is 1. The standard InChI is InChI=1S/C24H34N4O5/c1-5-33-23(31)18-8-10-19(11-9-18)25-24(32)26-20(15(2)3)22(30)27-12-13-28(16(4)14-27)21(29)17-6-7-17/h8-11,15-17,20H,5-7,12-14H2,1-4H3,(H2,25,26,32). The number of nitrogens with one attached hydrogen (secondary N) is 2. The fourth-order valence-electron chi connectivity index (χ4n) is 3.97. The van der Waals surface area contributed by atoms with Crippen LogP contribution >= 0.6 is 0 Å². The van der Waals surface area contributed by atoms with Crippen LogP contribution in [0.15, 0.2) is 24.3 Å². The summed E-state index contributed by atoms with van der Waals surface area (Å²) < 4.78 is 4.95. The highest BCUT2D eigenvalue weighted by Crippen LogP contribution is 2.32. The summed E-state index contributed by atoms with van der Waals surface area (Å²) in [5.41, 5.74) is 0.891. The van der Waals surface area contributed by atoms with E-state index >= 15 is 0 Å². The second-order valence-electron chi connectivity index (χ2n) is 9.06. The van der Waals surface area contributed by atoms with Gasteiger partial charge in [-0.05, 0) is 56.9 Å². The second kappa shape index (κ2) is 10.7. The third-order valence-electron chi connectivity index (χ3n) is 6.02. The van der Waals surface area contributed by atoms with Gasteiger partial charge in [0.05, 0.1) is 12.2 Å². The van der Waals surface area contributed by atoms with Crippen molar-refractivity contribution in [3.05, 3.63) is 29.8 Å². The van der Waals surface area contributed by atoms with Gasteiger partial charge in [0.15, 0.2) is 0 Å². The molecule has 0 aromatic heterocycles. The Balaban J connectivity index is 1.56. The van der Waals surface area contributed by atoms with Gasteiger partial charge < -0.3 is 25.2 Å². The van der Waals surface area contributed by atoms with Gasteiger partial charge in [0, 0.05) is 37.3 Å². The number of hydrogen-bond donors (Lipinski definition) is 2. The molecule has 2 aliphatic rings. The van der Waals surface area contributed by atoms with Gasteiger partial charge in [0.25, 0.3) is 0 Å². The number of esters is 1. The molecule has 2 fully saturated rings. The zero-order valence-electron chi connectivity index (χ0n) is 19.8. The lowest BCUT2D eigenvalue weighted by atomic mass is 10.0. The molecular weight excluding hydrogens is 424 g/mol. The molecule has 1 aromatic carbocycles. The number of piperazine rings is 1. The lowest BCUT2D eigenvalue weighted by Gasteiger charge is -2.41. The number of carbonyl (C=O) groups is 4. The van der Waals surface area contributed by atoms with Gasteiger partial charge in [-0.3, -0.25) is 9.59 Å². The molecule has 2 unspecified atom stereocenters. The SMILES string of the molecule is CCOC(=O)c1ccc(NC(=O)NC(C(=O)N2CCN(C(=O)C3CC3)C(C)C2)C(C)C)cc1. The van der Waals surface area contributed by atoms with E-state index < -0.39 is 18.0 Å². The summed E-state index contributed by atoms with van der Waals surface area (Å²) in [6, 6.07) is 5.12. The molecule has 0 bridgehead atoms. The minimum atomic E-state index is -0.693. The van der Waals surface area contributed by atoms with Gasteiger partial charge in [-0.25, -0.2) is 9.59 Å². The Hall–Kier alpha value is -3.10. The first kappa shape index (κ1) is 24.5. The van der Waals surface area contributed by atoms with E-state index in [2.05, 4.69) is 10.6 Å². The fraction of sp³-hybridized carbons (Fsp3) is 0.583. The first-order valence-electron chi connectivity index (χ1n) is 11.6. The highest BCUT2D eigenvalue weighted by atomic mass is 16.5. The number of carbonyl (C=O) groups excluding carboxylic acids is 4. The molecule has 0 spiro atoms. The molecule has 1 aliphatic heterocycles. The van der Waals surface area contributed by atoms with Gasteiger partial charge in [0.2, 0.25) is 11.8 Å². The Kier molecular flexibility index (Phi) is 7.94. The van der Waals surface area contributed by atoms with E-state index in [1.54, 1.807) is 36.1 Å². The van der Waals surface area contributed by atoms with Gasteiger partial charge >= 0.3 is 12.0 Å². The van der Waals surface area contributed by atoms with Crippen molar-refractivity contribution in [1.82, 2.24) is 15.1 Å². The number of amides is 4. The number of hydrogen-bond acceptors (Lipinski definition) is 5. The normalized spacial score (nSPS) is 19.1. The molecule has 4 amide bonds. The zero-order valence-corrected chi connectivity index (χ0v) is 19.8. The van der Waals surface area contributed by atoms with Crippen LogP contribution in [0.1, 0.15) is 50.9 Å². The van der Waals surface area contributed by atoms with Gasteiger partial charge in [0.1, 0.15) is 6.04 Å². The number of urea groups is 1. The summed E-state index contributed by atoms with van der Waals surface area (Å²) in [4.78, 5) is 53.6.